The Labute approximate surface area is 103 Å². The van der Waals surface area contributed by atoms with Crippen molar-refractivity contribution in [3.05, 3.63) is 0 Å². The molecule has 3 rings (SSSR count). The number of thioether (sulfide) groups is 1. The number of rotatable bonds is 2. The largest absolute Gasteiger partial charge is 0.327 e. The molecule has 0 spiro atoms. The summed E-state index contributed by atoms with van der Waals surface area (Å²) in [6, 6.07) is 1.28. The third-order valence-electron chi connectivity index (χ3n) is 5.11. The average molecular weight is 240 g/mol. The van der Waals surface area contributed by atoms with Crippen molar-refractivity contribution in [2.75, 3.05) is 24.6 Å². The van der Waals surface area contributed by atoms with E-state index in [4.69, 9.17) is 5.73 Å². The fraction of sp³-hybridized carbons (Fsp3) is 1.00. The van der Waals surface area contributed by atoms with Gasteiger partial charge in [0, 0.05) is 36.7 Å². The van der Waals surface area contributed by atoms with E-state index in [0.29, 0.717) is 6.04 Å². The average Bonchev–Trinajstić information content (AvgIpc) is 2.85. The summed E-state index contributed by atoms with van der Waals surface area (Å²) >= 11 is 2.11. The van der Waals surface area contributed by atoms with Crippen LogP contribution in [-0.2, 0) is 0 Å². The van der Waals surface area contributed by atoms with E-state index in [1.807, 2.05) is 0 Å². The Morgan fingerprint density at radius 1 is 1.31 bits per heavy atom. The molecule has 2 aliphatic carbocycles. The van der Waals surface area contributed by atoms with Crippen LogP contribution in [-0.4, -0.2) is 41.6 Å². The van der Waals surface area contributed by atoms with Gasteiger partial charge in [-0.15, -0.1) is 0 Å². The Hall–Kier alpha value is 0.270. The van der Waals surface area contributed by atoms with Crippen molar-refractivity contribution in [3.8, 4) is 0 Å². The second-order valence-electron chi connectivity index (χ2n) is 5.99. The normalized spacial score (nSPS) is 48.8. The fourth-order valence-corrected chi connectivity index (χ4v) is 5.11. The molecule has 3 aliphatic rings. The van der Waals surface area contributed by atoms with Gasteiger partial charge in [0.2, 0.25) is 0 Å². The maximum atomic E-state index is 6.39. The molecule has 92 valence electrons. The first-order valence-electron chi connectivity index (χ1n) is 6.83. The third-order valence-corrected chi connectivity index (χ3v) is 6.30. The van der Waals surface area contributed by atoms with Gasteiger partial charge in [-0.3, -0.25) is 4.90 Å². The molecule has 1 aliphatic heterocycles. The van der Waals surface area contributed by atoms with Gasteiger partial charge in [0.05, 0.1) is 0 Å². The molecule has 0 aromatic carbocycles. The molecule has 1 heterocycles. The lowest BCUT2D eigenvalue weighted by Gasteiger charge is -2.38. The molecule has 0 radical (unpaired) electrons. The van der Waals surface area contributed by atoms with E-state index in [1.165, 1.54) is 43.9 Å². The van der Waals surface area contributed by atoms with Crippen LogP contribution in [0.25, 0.3) is 0 Å². The van der Waals surface area contributed by atoms with Gasteiger partial charge >= 0.3 is 0 Å². The minimum atomic E-state index is 0.514. The van der Waals surface area contributed by atoms with Gasteiger partial charge in [0.1, 0.15) is 0 Å². The molecular weight excluding hydrogens is 216 g/mol. The summed E-state index contributed by atoms with van der Waals surface area (Å²) in [4.78, 5) is 2.70. The molecule has 5 unspecified atom stereocenters. The van der Waals surface area contributed by atoms with Crippen LogP contribution in [0.2, 0.25) is 0 Å². The minimum absolute atomic E-state index is 0.514. The molecule has 2 saturated carbocycles. The van der Waals surface area contributed by atoms with Crippen molar-refractivity contribution in [2.45, 2.75) is 38.3 Å². The highest BCUT2D eigenvalue weighted by Crippen LogP contribution is 2.48. The zero-order valence-electron chi connectivity index (χ0n) is 10.3. The smallest absolute Gasteiger partial charge is 0.0158 e. The van der Waals surface area contributed by atoms with Gasteiger partial charge in [-0.05, 0) is 43.9 Å². The summed E-state index contributed by atoms with van der Waals surface area (Å²) in [5, 5.41) is 0. The van der Waals surface area contributed by atoms with Gasteiger partial charge < -0.3 is 5.73 Å². The van der Waals surface area contributed by atoms with E-state index in [9.17, 15) is 0 Å². The Morgan fingerprint density at radius 3 is 2.81 bits per heavy atom. The third kappa shape index (κ3) is 1.91. The first kappa shape index (κ1) is 11.4. The first-order valence-corrected chi connectivity index (χ1v) is 7.98. The predicted octanol–water partition coefficient (Wildman–Crippen LogP) is 1.80. The number of nitrogens with zero attached hydrogens (tertiary/aromatic N) is 1. The van der Waals surface area contributed by atoms with Crippen molar-refractivity contribution in [1.29, 1.82) is 0 Å². The van der Waals surface area contributed by atoms with E-state index in [0.717, 1.165) is 23.8 Å². The summed E-state index contributed by atoms with van der Waals surface area (Å²) < 4.78 is 0. The molecule has 3 heteroatoms. The molecule has 2 N–H and O–H groups in total. The number of hydrogen-bond acceptors (Lipinski definition) is 3. The van der Waals surface area contributed by atoms with Crippen molar-refractivity contribution in [3.63, 3.8) is 0 Å². The van der Waals surface area contributed by atoms with Crippen LogP contribution >= 0.6 is 11.8 Å². The van der Waals surface area contributed by atoms with Gasteiger partial charge in [0.25, 0.3) is 0 Å². The molecule has 2 bridgehead atoms. The monoisotopic (exact) mass is 240 g/mol. The number of hydrogen-bond donors (Lipinski definition) is 1. The Morgan fingerprint density at radius 2 is 2.12 bits per heavy atom. The van der Waals surface area contributed by atoms with Crippen LogP contribution in [0, 0.1) is 17.8 Å². The molecule has 1 saturated heterocycles. The predicted molar refractivity (Wildman–Crippen MR) is 70.7 cm³/mol. The van der Waals surface area contributed by atoms with Crippen LogP contribution in [0.1, 0.15) is 26.2 Å². The van der Waals surface area contributed by atoms with Crippen LogP contribution in [0.4, 0.5) is 0 Å². The summed E-state index contributed by atoms with van der Waals surface area (Å²) in [6.07, 6.45) is 4.30. The van der Waals surface area contributed by atoms with E-state index < -0.39 is 0 Å². The minimum Gasteiger partial charge on any atom is -0.327 e. The summed E-state index contributed by atoms with van der Waals surface area (Å²) in [5.41, 5.74) is 6.39. The quantitative estimate of drug-likeness (QED) is 0.798. The zero-order valence-corrected chi connectivity index (χ0v) is 11.1. The van der Waals surface area contributed by atoms with Gasteiger partial charge in [0.15, 0.2) is 0 Å². The zero-order chi connectivity index (χ0) is 11.1. The summed E-state index contributed by atoms with van der Waals surface area (Å²) in [6.45, 7) is 4.95. The topological polar surface area (TPSA) is 29.3 Å². The molecule has 0 amide bonds. The number of fused-ring (bicyclic) bond motifs is 2. The Balaban J connectivity index is 1.61. The van der Waals surface area contributed by atoms with Crippen molar-refractivity contribution in [2.24, 2.45) is 23.5 Å². The van der Waals surface area contributed by atoms with Crippen LogP contribution in [0.5, 0.6) is 0 Å². The molecule has 5 atom stereocenters. The molecule has 2 nitrogen and oxygen atoms in total. The molecule has 0 aromatic heterocycles. The van der Waals surface area contributed by atoms with E-state index >= 15 is 0 Å². The van der Waals surface area contributed by atoms with Gasteiger partial charge in [-0.25, -0.2) is 0 Å². The van der Waals surface area contributed by atoms with Crippen molar-refractivity contribution in [1.82, 2.24) is 4.90 Å². The first-order chi connectivity index (χ1) is 7.75. The maximum absolute atomic E-state index is 6.39. The van der Waals surface area contributed by atoms with E-state index in [-0.39, 0.29) is 0 Å². The van der Waals surface area contributed by atoms with E-state index in [2.05, 4.69) is 23.6 Å². The lowest BCUT2D eigenvalue weighted by atomic mass is 9.84. The Bertz CT molecular complexity index is 256. The van der Waals surface area contributed by atoms with Crippen molar-refractivity contribution >= 4 is 11.8 Å². The second-order valence-corrected chi connectivity index (χ2v) is 7.14. The van der Waals surface area contributed by atoms with Gasteiger partial charge in [-0.2, -0.15) is 11.8 Å². The lowest BCUT2D eigenvalue weighted by molar-refractivity contribution is 0.151. The highest BCUT2D eigenvalue weighted by atomic mass is 32.2. The molecule has 16 heavy (non-hydrogen) atoms. The highest BCUT2D eigenvalue weighted by Gasteiger charge is 2.46. The Kier molecular flexibility index (Phi) is 3.20. The van der Waals surface area contributed by atoms with Gasteiger partial charge in [-0.1, -0.05) is 0 Å². The van der Waals surface area contributed by atoms with Crippen LogP contribution in [0.3, 0.4) is 0 Å². The second kappa shape index (κ2) is 4.51. The SMILES string of the molecule is CC1CSCCN1CC1C2CCC(C2)C1N. The highest BCUT2D eigenvalue weighted by molar-refractivity contribution is 7.99. The molecule has 0 aromatic rings. The van der Waals surface area contributed by atoms with E-state index in [1.54, 1.807) is 0 Å². The van der Waals surface area contributed by atoms with Crippen LogP contribution in [0.15, 0.2) is 0 Å². The summed E-state index contributed by atoms with van der Waals surface area (Å²) in [5.74, 6) is 5.27. The fourth-order valence-electron chi connectivity index (χ4n) is 4.03. The lowest BCUT2D eigenvalue weighted by Crippen LogP contribution is -2.48. The maximum Gasteiger partial charge on any atom is 0.0158 e. The number of nitrogens with two attached hydrogens (primary N) is 1. The van der Waals surface area contributed by atoms with Crippen LogP contribution < -0.4 is 5.73 Å². The molecule has 3 fully saturated rings. The summed E-state index contributed by atoms with van der Waals surface area (Å²) in [7, 11) is 0. The van der Waals surface area contributed by atoms with Crippen molar-refractivity contribution < 1.29 is 0 Å². The standard InChI is InChI=1S/C13H24N2S/c1-9-8-16-5-4-15(9)7-12-10-2-3-11(6-10)13(12)14/h9-13H,2-8,14H2,1H3. The molecular formula is C13H24N2S.